The van der Waals surface area contributed by atoms with E-state index in [9.17, 15) is 18.0 Å². The maximum atomic E-state index is 12.5. The van der Waals surface area contributed by atoms with Crippen LogP contribution in [0.15, 0.2) is 41.3 Å². The SMILES string of the molecule is C[C@@H](NCC(F)(F)F)c1ccc(Nc2nn(C3CCCCC3)c3cc[nH]c(=O)c23)cc1. The summed E-state index contributed by atoms with van der Waals surface area (Å²) in [7, 11) is 0. The quantitative estimate of drug-likeness (QED) is 0.500. The van der Waals surface area contributed by atoms with Gasteiger partial charge in [-0.15, -0.1) is 0 Å². The van der Waals surface area contributed by atoms with Crippen LogP contribution in [0.3, 0.4) is 0 Å². The highest BCUT2D eigenvalue weighted by atomic mass is 19.4. The van der Waals surface area contributed by atoms with Crippen LogP contribution in [-0.4, -0.2) is 27.5 Å². The topological polar surface area (TPSA) is 74.7 Å². The molecule has 2 aromatic heterocycles. The number of fused-ring (bicyclic) bond motifs is 1. The summed E-state index contributed by atoms with van der Waals surface area (Å²) < 4.78 is 39.2. The van der Waals surface area contributed by atoms with Crippen molar-refractivity contribution in [3.63, 3.8) is 0 Å². The van der Waals surface area contributed by atoms with Crippen LogP contribution in [0.4, 0.5) is 24.7 Å². The lowest BCUT2D eigenvalue weighted by atomic mass is 9.95. The summed E-state index contributed by atoms with van der Waals surface area (Å²) in [5.74, 6) is 0.485. The van der Waals surface area contributed by atoms with Gasteiger partial charge in [-0.05, 0) is 43.5 Å². The lowest BCUT2D eigenvalue weighted by Crippen LogP contribution is -2.30. The Morgan fingerprint density at radius 2 is 1.87 bits per heavy atom. The molecule has 2 heterocycles. The molecule has 0 aliphatic heterocycles. The first kappa shape index (κ1) is 21.4. The second-order valence-electron chi connectivity index (χ2n) is 8.12. The van der Waals surface area contributed by atoms with Gasteiger partial charge in [0.05, 0.1) is 18.1 Å². The van der Waals surface area contributed by atoms with Gasteiger partial charge < -0.3 is 15.6 Å². The van der Waals surface area contributed by atoms with Crippen LogP contribution in [0.2, 0.25) is 0 Å². The standard InChI is InChI=1S/C22H26F3N5O/c1-14(27-13-22(23,24)25)15-7-9-16(10-8-15)28-20-19-18(11-12-26-21(19)31)30(29-20)17-5-3-2-4-6-17/h7-12,14,17,27H,2-6,13H2,1H3,(H,26,31)(H,28,29)/t14-/m1/s1. The monoisotopic (exact) mass is 433 g/mol. The van der Waals surface area contributed by atoms with Gasteiger partial charge in [-0.3, -0.25) is 9.48 Å². The Bertz CT molecular complexity index is 1080. The Balaban J connectivity index is 1.56. The first-order valence-corrected chi connectivity index (χ1v) is 10.6. The zero-order valence-electron chi connectivity index (χ0n) is 17.3. The number of anilines is 2. The molecule has 1 atom stereocenters. The van der Waals surface area contributed by atoms with Crippen molar-refractivity contribution in [1.82, 2.24) is 20.1 Å². The molecular weight excluding hydrogens is 407 g/mol. The molecule has 4 rings (SSSR count). The van der Waals surface area contributed by atoms with Crippen molar-refractivity contribution in [2.24, 2.45) is 0 Å². The highest BCUT2D eigenvalue weighted by Crippen LogP contribution is 2.33. The average Bonchev–Trinajstić information content (AvgIpc) is 3.12. The van der Waals surface area contributed by atoms with E-state index in [-0.39, 0.29) is 11.6 Å². The maximum absolute atomic E-state index is 12.5. The molecule has 0 radical (unpaired) electrons. The summed E-state index contributed by atoms with van der Waals surface area (Å²) in [5, 5.41) is 10.9. The van der Waals surface area contributed by atoms with Gasteiger partial charge in [0.2, 0.25) is 0 Å². The van der Waals surface area contributed by atoms with E-state index in [1.54, 1.807) is 37.4 Å². The summed E-state index contributed by atoms with van der Waals surface area (Å²) in [4.78, 5) is 15.3. The predicted molar refractivity (Wildman–Crippen MR) is 115 cm³/mol. The number of hydrogen-bond acceptors (Lipinski definition) is 4. The summed E-state index contributed by atoms with van der Waals surface area (Å²) in [6, 6.07) is 8.80. The molecule has 0 unspecified atom stereocenters. The third kappa shape index (κ3) is 4.92. The van der Waals surface area contributed by atoms with Gasteiger partial charge in [0, 0.05) is 17.9 Å². The molecule has 6 nitrogen and oxygen atoms in total. The van der Waals surface area contributed by atoms with Gasteiger partial charge in [-0.2, -0.15) is 18.3 Å². The van der Waals surface area contributed by atoms with E-state index in [4.69, 9.17) is 5.10 Å². The van der Waals surface area contributed by atoms with E-state index in [0.29, 0.717) is 16.9 Å². The molecular formula is C22H26F3N5O. The zero-order valence-corrected chi connectivity index (χ0v) is 17.3. The molecule has 166 valence electrons. The molecule has 0 bridgehead atoms. The van der Waals surface area contributed by atoms with E-state index >= 15 is 0 Å². The number of nitrogens with zero attached hydrogens (tertiary/aromatic N) is 2. The Morgan fingerprint density at radius 1 is 1.16 bits per heavy atom. The minimum absolute atomic E-state index is 0.205. The van der Waals surface area contributed by atoms with Crippen molar-refractivity contribution in [2.75, 3.05) is 11.9 Å². The Labute approximate surface area is 177 Å². The van der Waals surface area contributed by atoms with Crippen LogP contribution in [0.25, 0.3) is 10.9 Å². The minimum Gasteiger partial charge on any atom is -0.338 e. The lowest BCUT2D eigenvalue weighted by Gasteiger charge is -2.22. The second-order valence-corrected chi connectivity index (χ2v) is 8.12. The van der Waals surface area contributed by atoms with Crippen molar-refractivity contribution in [2.45, 2.75) is 57.3 Å². The number of nitrogens with one attached hydrogen (secondary N) is 3. The van der Waals surface area contributed by atoms with Gasteiger partial charge in [0.1, 0.15) is 5.39 Å². The van der Waals surface area contributed by atoms with E-state index in [1.165, 1.54) is 6.42 Å². The zero-order chi connectivity index (χ0) is 22.0. The highest BCUT2D eigenvalue weighted by Gasteiger charge is 2.27. The number of pyridine rings is 1. The van der Waals surface area contributed by atoms with Gasteiger partial charge in [0.25, 0.3) is 5.56 Å². The molecule has 9 heteroatoms. The number of alkyl halides is 3. The molecule has 0 saturated heterocycles. The number of rotatable bonds is 6. The predicted octanol–water partition coefficient (Wildman–Crippen LogP) is 5.19. The maximum Gasteiger partial charge on any atom is 0.401 e. The fourth-order valence-electron chi connectivity index (χ4n) is 4.17. The van der Waals surface area contributed by atoms with Crippen LogP contribution in [0.1, 0.15) is 56.7 Å². The second kappa shape index (κ2) is 8.74. The van der Waals surface area contributed by atoms with Crippen LogP contribution in [-0.2, 0) is 0 Å². The molecule has 3 N–H and O–H groups in total. The number of H-pyrrole nitrogens is 1. The smallest absolute Gasteiger partial charge is 0.338 e. The van der Waals surface area contributed by atoms with Crippen molar-refractivity contribution in [1.29, 1.82) is 0 Å². The number of aromatic amines is 1. The van der Waals surface area contributed by atoms with Crippen LogP contribution >= 0.6 is 0 Å². The van der Waals surface area contributed by atoms with Crippen molar-refractivity contribution < 1.29 is 13.2 Å². The fourth-order valence-corrected chi connectivity index (χ4v) is 4.17. The van der Waals surface area contributed by atoms with E-state index in [0.717, 1.165) is 36.8 Å². The molecule has 3 aromatic rings. The Morgan fingerprint density at radius 3 is 2.55 bits per heavy atom. The lowest BCUT2D eigenvalue weighted by molar-refractivity contribution is -0.126. The Hall–Kier alpha value is -2.81. The van der Waals surface area contributed by atoms with Gasteiger partial charge in [-0.1, -0.05) is 31.4 Å². The van der Waals surface area contributed by atoms with Crippen LogP contribution in [0, 0.1) is 0 Å². The first-order chi connectivity index (χ1) is 14.8. The van der Waals surface area contributed by atoms with Gasteiger partial charge in [0.15, 0.2) is 5.82 Å². The largest absolute Gasteiger partial charge is 0.401 e. The third-order valence-electron chi connectivity index (χ3n) is 5.83. The molecule has 31 heavy (non-hydrogen) atoms. The molecule has 1 fully saturated rings. The summed E-state index contributed by atoms with van der Waals surface area (Å²) >= 11 is 0. The number of aromatic nitrogens is 3. The van der Waals surface area contributed by atoms with Crippen LogP contribution in [0.5, 0.6) is 0 Å². The summed E-state index contributed by atoms with van der Waals surface area (Å²) in [6.07, 6.45) is 3.01. The summed E-state index contributed by atoms with van der Waals surface area (Å²) in [5.41, 5.74) is 2.05. The normalized spacial score (nSPS) is 16.5. The number of halogens is 3. The van der Waals surface area contributed by atoms with E-state index in [1.807, 2.05) is 10.7 Å². The molecule has 1 aromatic carbocycles. The van der Waals surface area contributed by atoms with Crippen molar-refractivity contribution >= 4 is 22.4 Å². The molecule has 1 aliphatic rings. The van der Waals surface area contributed by atoms with Gasteiger partial charge >= 0.3 is 6.18 Å². The molecule has 0 spiro atoms. The summed E-state index contributed by atoms with van der Waals surface area (Å²) in [6.45, 7) is 0.647. The number of hydrogen-bond donors (Lipinski definition) is 3. The first-order valence-electron chi connectivity index (χ1n) is 10.6. The van der Waals surface area contributed by atoms with Crippen molar-refractivity contribution in [3.8, 4) is 0 Å². The highest BCUT2D eigenvalue weighted by molar-refractivity contribution is 5.91. The molecule has 1 aliphatic carbocycles. The molecule has 0 amide bonds. The fraction of sp³-hybridized carbons (Fsp3) is 0.455. The minimum atomic E-state index is -4.25. The third-order valence-corrected chi connectivity index (χ3v) is 5.83. The van der Waals surface area contributed by atoms with Crippen LogP contribution < -0.4 is 16.2 Å². The van der Waals surface area contributed by atoms with E-state index < -0.39 is 18.8 Å². The van der Waals surface area contributed by atoms with Crippen molar-refractivity contribution in [3.05, 3.63) is 52.4 Å². The average molecular weight is 433 g/mol. The Kier molecular flexibility index (Phi) is 6.04. The molecule has 1 saturated carbocycles. The number of benzene rings is 1. The van der Waals surface area contributed by atoms with E-state index in [2.05, 4.69) is 15.6 Å². The van der Waals surface area contributed by atoms with Gasteiger partial charge in [-0.25, -0.2) is 0 Å².